The second-order valence-electron chi connectivity index (χ2n) is 7.48. The lowest BCUT2D eigenvalue weighted by molar-refractivity contribution is -0.137. The van der Waals surface area contributed by atoms with Crippen LogP contribution in [-0.4, -0.2) is 55.8 Å². The van der Waals surface area contributed by atoms with E-state index in [0.717, 1.165) is 30.1 Å². The van der Waals surface area contributed by atoms with Gasteiger partial charge >= 0.3 is 12.1 Å². The summed E-state index contributed by atoms with van der Waals surface area (Å²) in [6.07, 6.45) is -4.01. The minimum Gasteiger partial charge on any atom is -0.494 e. The van der Waals surface area contributed by atoms with Crippen LogP contribution < -0.4 is 25.8 Å². The highest BCUT2D eigenvalue weighted by atomic mass is 32.1. The Hall–Kier alpha value is -4.11. The molecule has 0 bridgehead atoms. The zero-order valence-corrected chi connectivity index (χ0v) is 20.1. The van der Waals surface area contributed by atoms with Crippen molar-refractivity contribution in [2.24, 2.45) is 0 Å². The number of amides is 1. The molecule has 15 heteroatoms. The number of alkyl halides is 3. The van der Waals surface area contributed by atoms with Crippen LogP contribution in [0.5, 0.6) is 5.75 Å². The third kappa shape index (κ3) is 6.18. The molecule has 1 aliphatic rings. The highest BCUT2D eigenvalue weighted by Gasteiger charge is 2.36. The molecule has 0 saturated carbocycles. The molecule has 3 N–H and O–H groups in total. The molecule has 0 radical (unpaired) electrons. The van der Waals surface area contributed by atoms with E-state index in [2.05, 4.69) is 30.3 Å². The Balaban J connectivity index is 1.61. The summed E-state index contributed by atoms with van der Waals surface area (Å²) in [6.45, 7) is 2.65. The van der Waals surface area contributed by atoms with Crippen molar-refractivity contribution in [3.63, 3.8) is 0 Å². The highest BCUT2D eigenvalue weighted by molar-refractivity contribution is 7.14. The number of halogens is 3. The van der Waals surface area contributed by atoms with E-state index in [-0.39, 0.29) is 22.9 Å². The van der Waals surface area contributed by atoms with E-state index in [4.69, 9.17) is 9.47 Å². The molecule has 3 heterocycles. The lowest BCUT2D eigenvalue weighted by Crippen LogP contribution is -2.36. The fourth-order valence-corrected chi connectivity index (χ4v) is 4.25. The topological polar surface area (TPSA) is 127 Å². The van der Waals surface area contributed by atoms with Gasteiger partial charge < -0.3 is 29.8 Å². The van der Waals surface area contributed by atoms with Crippen LogP contribution in [0.4, 0.5) is 41.3 Å². The minimum atomic E-state index is -4.78. The van der Waals surface area contributed by atoms with Crippen LogP contribution in [0.25, 0.3) is 0 Å². The molecule has 0 unspecified atom stereocenters. The van der Waals surface area contributed by atoms with Gasteiger partial charge in [-0.05, 0) is 23.6 Å². The van der Waals surface area contributed by atoms with Crippen molar-refractivity contribution in [2.75, 3.05) is 48.9 Å². The molecule has 1 saturated heterocycles. The zero-order valence-electron chi connectivity index (χ0n) is 19.3. The van der Waals surface area contributed by atoms with Gasteiger partial charge in [0.1, 0.15) is 22.1 Å². The molecular formula is C22H21F3N6O5S. The average Bonchev–Trinajstić information content (AvgIpc) is 3.35. The Kier molecular flexibility index (Phi) is 7.93. The number of carbonyl (C=O) groups is 2. The van der Waals surface area contributed by atoms with Gasteiger partial charge in [-0.15, -0.1) is 11.3 Å². The van der Waals surface area contributed by atoms with Crippen molar-refractivity contribution in [3.8, 4) is 5.75 Å². The molecule has 0 spiro atoms. The van der Waals surface area contributed by atoms with Crippen molar-refractivity contribution in [1.82, 2.24) is 15.4 Å². The number of methoxy groups -OCH3 is 1. The van der Waals surface area contributed by atoms with Crippen LogP contribution in [0.3, 0.4) is 0 Å². The number of nitrogens with zero attached hydrogens (tertiary/aromatic N) is 3. The van der Waals surface area contributed by atoms with Gasteiger partial charge in [0.05, 0.1) is 31.6 Å². The summed E-state index contributed by atoms with van der Waals surface area (Å²) in [5.74, 6) is -1.26. The number of benzene rings is 1. The third-order valence-electron chi connectivity index (χ3n) is 5.22. The molecule has 1 aromatic carbocycles. The van der Waals surface area contributed by atoms with Crippen molar-refractivity contribution < 1.29 is 37.1 Å². The largest absolute Gasteiger partial charge is 0.494 e. The summed E-state index contributed by atoms with van der Waals surface area (Å²) in [6, 6.07) is 6.69. The third-order valence-corrected chi connectivity index (χ3v) is 6.05. The minimum absolute atomic E-state index is 0.0280. The van der Waals surface area contributed by atoms with E-state index in [1.54, 1.807) is 17.6 Å². The lowest BCUT2D eigenvalue weighted by atomic mass is 10.2. The fourth-order valence-electron chi connectivity index (χ4n) is 3.47. The smallest absolute Gasteiger partial charge is 0.421 e. The summed E-state index contributed by atoms with van der Waals surface area (Å²) in [4.78, 5) is 36.9. The van der Waals surface area contributed by atoms with Gasteiger partial charge in [-0.1, -0.05) is 0 Å². The molecule has 1 fully saturated rings. The van der Waals surface area contributed by atoms with Crippen LogP contribution in [-0.2, 0) is 20.5 Å². The Morgan fingerprint density at radius 1 is 1.22 bits per heavy atom. The zero-order chi connectivity index (χ0) is 26.4. The molecule has 1 amide bonds. The lowest BCUT2D eigenvalue weighted by Gasteiger charge is -2.29. The number of morpholine rings is 1. The number of thiophene rings is 1. The second-order valence-corrected chi connectivity index (χ2v) is 8.39. The summed E-state index contributed by atoms with van der Waals surface area (Å²) < 4.78 is 51.9. The Labute approximate surface area is 212 Å². The Morgan fingerprint density at radius 2 is 2.00 bits per heavy atom. The highest BCUT2D eigenvalue weighted by Crippen LogP contribution is 2.38. The van der Waals surface area contributed by atoms with Crippen LogP contribution in [0.1, 0.15) is 15.9 Å². The molecule has 3 aromatic rings. The van der Waals surface area contributed by atoms with E-state index >= 15 is 0 Å². The van der Waals surface area contributed by atoms with Gasteiger partial charge in [0.25, 0.3) is 0 Å². The second kappa shape index (κ2) is 11.3. The maximum absolute atomic E-state index is 13.7. The average molecular weight is 539 g/mol. The SMILES string of the molecule is COc1cc(N2CCOCC2)ccc1Nc1ncc(C(F)(F)F)c(Nc2sccc2C(=O)ONC=O)n1. The molecule has 4 rings (SSSR count). The van der Waals surface area contributed by atoms with Gasteiger partial charge in [-0.25, -0.2) is 9.78 Å². The summed E-state index contributed by atoms with van der Waals surface area (Å²) in [7, 11) is 1.47. The van der Waals surface area contributed by atoms with Crippen molar-refractivity contribution in [3.05, 3.63) is 47.0 Å². The normalized spacial score (nSPS) is 13.6. The molecule has 11 nitrogen and oxygen atoms in total. The fraction of sp³-hybridized carbons (Fsp3) is 0.273. The molecule has 2 aromatic heterocycles. The number of carbonyl (C=O) groups excluding carboxylic acids is 2. The van der Waals surface area contributed by atoms with Crippen LogP contribution in [0.15, 0.2) is 35.8 Å². The summed E-state index contributed by atoms with van der Waals surface area (Å²) in [5, 5.41) is 6.91. The first kappa shape index (κ1) is 26.0. The molecule has 1 aliphatic heterocycles. The van der Waals surface area contributed by atoms with Gasteiger partial charge in [0.15, 0.2) is 0 Å². The van der Waals surface area contributed by atoms with Gasteiger partial charge in [0.2, 0.25) is 12.4 Å². The number of anilines is 5. The standard InChI is InChI=1S/C22H21F3N6O5S/c1-34-17-10-13(31-5-7-35-8-6-31)2-3-16(17)28-21-26-11-15(22(23,24)25)18(30-21)29-19-14(4-9-37-19)20(33)36-27-12-32/h2-4,9-12H,5-8H2,1H3,(H,27,32)(H2,26,28,29,30). The predicted molar refractivity (Wildman–Crippen MR) is 129 cm³/mol. The summed E-state index contributed by atoms with van der Waals surface area (Å²) in [5.41, 5.74) is 1.84. The number of aromatic nitrogens is 2. The Morgan fingerprint density at radius 3 is 2.70 bits per heavy atom. The van der Waals surface area contributed by atoms with E-state index in [1.807, 2.05) is 6.07 Å². The maximum atomic E-state index is 13.7. The molecule has 0 atom stereocenters. The van der Waals surface area contributed by atoms with Gasteiger partial charge in [-0.2, -0.15) is 23.6 Å². The first-order valence-corrected chi connectivity index (χ1v) is 11.6. The van der Waals surface area contributed by atoms with E-state index in [0.29, 0.717) is 30.8 Å². The first-order chi connectivity index (χ1) is 17.8. The Bertz CT molecular complexity index is 1270. The predicted octanol–water partition coefficient (Wildman–Crippen LogP) is 3.71. The number of ether oxygens (including phenoxy) is 2. The van der Waals surface area contributed by atoms with Gasteiger partial charge in [0, 0.05) is 31.0 Å². The first-order valence-electron chi connectivity index (χ1n) is 10.8. The number of hydroxylamine groups is 1. The monoisotopic (exact) mass is 538 g/mol. The van der Waals surface area contributed by atoms with E-state index < -0.39 is 23.5 Å². The van der Waals surface area contributed by atoms with Crippen LogP contribution in [0, 0.1) is 0 Å². The van der Waals surface area contributed by atoms with E-state index in [1.165, 1.54) is 18.6 Å². The molecule has 0 aliphatic carbocycles. The number of hydrogen-bond donors (Lipinski definition) is 3. The number of hydrogen-bond acceptors (Lipinski definition) is 11. The van der Waals surface area contributed by atoms with Gasteiger partial charge in [-0.3, -0.25) is 4.79 Å². The van der Waals surface area contributed by atoms with Crippen LogP contribution in [0.2, 0.25) is 0 Å². The van der Waals surface area contributed by atoms with Crippen molar-refractivity contribution in [2.45, 2.75) is 6.18 Å². The molecule has 196 valence electrons. The number of rotatable bonds is 9. The summed E-state index contributed by atoms with van der Waals surface area (Å²) >= 11 is 0.947. The van der Waals surface area contributed by atoms with Crippen LogP contribution >= 0.6 is 11.3 Å². The maximum Gasteiger partial charge on any atom is 0.421 e. The van der Waals surface area contributed by atoms with E-state index in [9.17, 15) is 22.8 Å². The molecule has 37 heavy (non-hydrogen) atoms. The molecular weight excluding hydrogens is 517 g/mol. The van der Waals surface area contributed by atoms with Crippen molar-refractivity contribution >= 4 is 51.9 Å². The van der Waals surface area contributed by atoms with Crippen molar-refractivity contribution in [1.29, 1.82) is 0 Å². The quantitative estimate of drug-likeness (QED) is 0.274. The number of nitrogens with one attached hydrogen (secondary N) is 3.